The summed E-state index contributed by atoms with van der Waals surface area (Å²) in [6, 6.07) is 6.87. The van der Waals surface area contributed by atoms with Crippen molar-refractivity contribution in [1.82, 2.24) is 10.3 Å². The number of para-hydroxylation sites is 1. The number of hydrogen-bond donors (Lipinski definition) is 5. The lowest BCUT2D eigenvalue weighted by Crippen LogP contribution is -2.45. The molecule has 28 heavy (non-hydrogen) atoms. The van der Waals surface area contributed by atoms with E-state index in [1.54, 1.807) is 0 Å². The number of fused-ring (bicyclic) bond motifs is 1. The zero-order valence-corrected chi connectivity index (χ0v) is 15.8. The number of benzene rings is 1. The van der Waals surface area contributed by atoms with Crippen molar-refractivity contribution in [2.24, 2.45) is 11.5 Å². The first-order valence-corrected chi connectivity index (χ1v) is 9.72. The summed E-state index contributed by atoms with van der Waals surface area (Å²) in [5.41, 5.74) is 13.3. The molecule has 1 aromatic heterocycles. The molecule has 6 nitrogen and oxygen atoms in total. The number of hydrogen-bond acceptors (Lipinski definition) is 4. The smallest absolute Gasteiger partial charge is 0.268 e. The van der Waals surface area contributed by atoms with Crippen molar-refractivity contribution in [3.05, 3.63) is 35.5 Å². The van der Waals surface area contributed by atoms with Crippen LogP contribution in [0, 0.1) is 0 Å². The third kappa shape index (κ3) is 4.51. The minimum absolute atomic E-state index is 0.0948. The van der Waals surface area contributed by atoms with Gasteiger partial charge in [0.15, 0.2) is 0 Å². The molecule has 0 aliphatic heterocycles. The number of halogens is 2. The monoisotopic (exact) mass is 394 g/mol. The Morgan fingerprint density at radius 1 is 1.32 bits per heavy atom. The summed E-state index contributed by atoms with van der Waals surface area (Å²) in [6.45, 7) is 0.402. The predicted molar refractivity (Wildman–Crippen MR) is 104 cm³/mol. The van der Waals surface area contributed by atoms with Gasteiger partial charge in [-0.1, -0.05) is 18.2 Å². The van der Waals surface area contributed by atoms with Gasteiger partial charge < -0.3 is 26.9 Å². The van der Waals surface area contributed by atoms with Crippen LogP contribution in [0.25, 0.3) is 10.9 Å². The predicted octanol–water partition coefficient (Wildman–Crippen LogP) is 2.23. The van der Waals surface area contributed by atoms with Gasteiger partial charge in [0.2, 0.25) is 5.92 Å². The third-order valence-corrected chi connectivity index (χ3v) is 5.55. The molecule has 0 saturated heterocycles. The Bertz CT molecular complexity index is 814. The Hall–Kier alpha value is -2.03. The van der Waals surface area contributed by atoms with Crippen LogP contribution in [0.3, 0.4) is 0 Å². The van der Waals surface area contributed by atoms with Gasteiger partial charge in [0, 0.05) is 36.3 Å². The molecule has 1 amide bonds. The van der Waals surface area contributed by atoms with Crippen LogP contribution < -0.4 is 16.8 Å². The Morgan fingerprint density at radius 3 is 2.68 bits per heavy atom. The number of amides is 1. The van der Waals surface area contributed by atoms with E-state index in [1.165, 1.54) is 0 Å². The van der Waals surface area contributed by atoms with E-state index in [0.29, 0.717) is 31.5 Å². The number of carbonyl (C=O) groups excluding carboxylic acids is 1. The normalized spacial score (nSPS) is 19.5. The number of aromatic amines is 1. The van der Waals surface area contributed by atoms with Gasteiger partial charge in [-0.25, -0.2) is 8.78 Å². The van der Waals surface area contributed by atoms with E-state index in [1.807, 2.05) is 24.3 Å². The molecule has 2 atom stereocenters. The van der Waals surface area contributed by atoms with Gasteiger partial charge in [-0.15, -0.1) is 0 Å². The molecule has 0 spiro atoms. The second kappa shape index (κ2) is 8.55. The average Bonchev–Trinajstić information content (AvgIpc) is 3.05. The van der Waals surface area contributed by atoms with Gasteiger partial charge in [0.05, 0.1) is 6.10 Å². The summed E-state index contributed by atoms with van der Waals surface area (Å²) in [6.07, 6.45) is -0.116. The largest absolute Gasteiger partial charge is 0.391 e. The number of alkyl halides is 2. The molecule has 0 bridgehead atoms. The molecule has 3 rings (SSSR count). The number of nitrogens with two attached hydrogens (primary N) is 2. The van der Waals surface area contributed by atoms with Gasteiger partial charge in [0.25, 0.3) is 5.91 Å². The van der Waals surface area contributed by atoms with Gasteiger partial charge in [-0.05, 0) is 43.4 Å². The highest BCUT2D eigenvalue weighted by Gasteiger charge is 2.37. The maximum atomic E-state index is 13.6. The van der Waals surface area contributed by atoms with E-state index in [2.05, 4.69) is 10.3 Å². The molecule has 8 heteroatoms. The molecular formula is C20H28F2N4O2. The average molecular weight is 394 g/mol. The lowest BCUT2D eigenvalue weighted by Gasteiger charge is -2.28. The number of aromatic nitrogens is 1. The molecule has 1 saturated carbocycles. The minimum atomic E-state index is -2.63. The SMILES string of the molecule is NCCC(O)[C@@H](N)CNC(=O)c1[nH]c2ccccc2c1C1CCC(F)(F)CC1. The first-order valence-electron chi connectivity index (χ1n) is 9.72. The van der Waals surface area contributed by atoms with Gasteiger partial charge in [-0.2, -0.15) is 0 Å². The number of carbonyl (C=O) groups is 1. The van der Waals surface area contributed by atoms with Crippen molar-refractivity contribution in [3.8, 4) is 0 Å². The van der Waals surface area contributed by atoms with E-state index in [0.717, 1.165) is 16.5 Å². The Balaban J connectivity index is 1.81. The van der Waals surface area contributed by atoms with E-state index in [4.69, 9.17) is 11.5 Å². The quantitative estimate of drug-likeness (QED) is 0.495. The first-order chi connectivity index (χ1) is 13.3. The molecule has 7 N–H and O–H groups in total. The van der Waals surface area contributed by atoms with Crippen molar-refractivity contribution >= 4 is 16.8 Å². The number of aliphatic hydroxyl groups excluding tert-OH is 1. The zero-order chi connectivity index (χ0) is 20.3. The molecule has 0 radical (unpaired) electrons. The van der Waals surface area contributed by atoms with Crippen LogP contribution in [0.2, 0.25) is 0 Å². The second-order valence-electron chi connectivity index (χ2n) is 7.61. The highest BCUT2D eigenvalue weighted by Crippen LogP contribution is 2.43. The molecule has 1 heterocycles. The van der Waals surface area contributed by atoms with E-state index >= 15 is 0 Å². The van der Waals surface area contributed by atoms with Crippen molar-refractivity contribution in [3.63, 3.8) is 0 Å². The van der Waals surface area contributed by atoms with Gasteiger partial charge in [0.1, 0.15) is 5.69 Å². The lowest BCUT2D eigenvalue weighted by molar-refractivity contribution is -0.0381. The number of nitrogens with one attached hydrogen (secondary N) is 2. The summed E-state index contributed by atoms with van der Waals surface area (Å²) in [7, 11) is 0. The zero-order valence-electron chi connectivity index (χ0n) is 15.8. The standard InChI is InChI=1S/C20H28F2N4O2/c21-20(22)8-5-12(6-9-20)17-13-3-1-2-4-15(13)26-18(17)19(28)25-11-14(24)16(27)7-10-23/h1-4,12,14,16,26-27H,5-11,23-24H2,(H,25,28)/t14-,16?/m0/s1. The number of aliphatic hydroxyl groups is 1. The molecular weight excluding hydrogens is 366 g/mol. The van der Waals surface area contributed by atoms with Crippen LogP contribution in [0.5, 0.6) is 0 Å². The fourth-order valence-electron chi connectivity index (χ4n) is 3.92. The Kier molecular flexibility index (Phi) is 6.32. The van der Waals surface area contributed by atoms with Crippen LogP contribution >= 0.6 is 0 Å². The lowest BCUT2D eigenvalue weighted by atomic mass is 9.81. The van der Waals surface area contributed by atoms with Gasteiger partial charge in [-0.3, -0.25) is 4.79 Å². The van der Waals surface area contributed by atoms with Crippen LogP contribution in [0.1, 0.15) is 54.1 Å². The Labute approximate surface area is 162 Å². The maximum absolute atomic E-state index is 13.6. The van der Waals surface area contributed by atoms with Crippen molar-refractivity contribution in [2.45, 2.75) is 56.1 Å². The highest BCUT2D eigenvalue weighted by atomic mass is 19.3. The topological polar surface area (TPSA) is 117 Å². The fourth-order valence-corrected chi connectivity index (χ4v) is 3.92. The van der Waals surface area contributed by atoms with Crippen LogP contribution in [-0.2, 0) is 0 Å². The summed E-state index contributed by atoms with van der Waals surface area (Å²) in [5, 5.41) is 13.5. The van der Waals surface area contributed by atoms with Crippen LogP contribution in [0.4, 0.5) is 8.78 Å². The Morgan fingerprint density at radius 2 is 2.00 bits per heavy atom. The number of H-pyrrole nitrogens is 1. The van der Waals surface area contributed by atoms with E-state index in [9.17, 15) is 18.7 Å². The molecule has 1 unspecified atom stereocenters. The number of rotatable bonds is 7. The minimum Gasteiger partial charge on any atom is -0.391 e. The summed E-state index contributed by atoms with van der Waals surface area (Å²) >= 11 is 0. The highest BCUT2D eigenvalue weighted by molar-refractivity contribution is 6.01. The van der Waals surface area contributed by atoms with Crippen molar-refractivity contribution in [1.29, 1.82) is 0 Å². The fraction of sp³-hybridized carbons (Fsp3) is 0.550. The summed E-state index contributed by atoms with van der Waals surface area (Å²) in [4.78, 5) is 16.0. The van der Waals surface area contributed by atoms with Crippen molar-refractivity contribution < 1.29 is 18.7 Å². The molecule has 1 aliphatic carbocycles. The molecule has 154 valence electrons. The van der Waals surface area contributed by atoms with Crippen LogP contribution in [0.15, 0.2) is 24.3 Å². The van der Waals surface area contributed by atoms with Gasteiger partial charge >= 0.3 is 0 Å². The van der Waals surface area contributed by atoms with Crippen LogP contribution in [-0.4, -0.2) is 47.2 Å². The first kappa shape index (κ1) is 20.7. The van der Waals surface area contributed by atoms with Crippen molar-refractivity contribution in [2.75, 3.05) is 13.1 Å². The molecule has 1 aromatic carbocycles. The molecule has 1 aliphatic rings. The maximum Gasteiger partial charge on any atom is 0.268 e. The third-order valence-electron chi connectivity index (χ3n) is 5.55. The second-order valence-corrected chi connectivity index (χ2v) is 7.61. The van der Waals surface area contributed by atoms with E-state index < -0.39 is 18.1 Å². The summed E-state index contributed by atoms with van der Waals surface area (Å²) < 4.78 is 27.2. The molecule has 2 aromatic rings. The van der Waals surface area contributed by atoms with E-state index in [-0.39, 0.29) is 31.2 Å². The summed E-state index contributed by atoms with van der Waals surface area (Å²) in [5.74, 6) is -3.08. The molecule has 1 fully saturated rings.